The van der Waals surface area contributed by atoms with Crippen molar-refractivity contribution in [2.45, 2.75) is 43.9 Å². The fraction of sp³-hybridized carbons (Fsp3) is 0.625. The van der Waals surface area contributed by atoms with Gasteiger partial charge in [-0.15, -0.1) is 0 Å². The van der Waals surface area contributed by atoms with Crippen LogP contribution in [-0.2, 0) is 16.0 Å². The molecule has 1 heterocycles. The topological polar surface area (TPSA) is 21.7 Å². The molecule has 1 aromatic rings. The number of methoxy groups -OCH3 is 1. The van der Waals surface area contributed by atoms with Gasteiger partial charge in [-0.3, -0.25) is 4.84 Å². The van der Waals surface area contributed by atoms with Gasteiger partial charge in [-0.25, -0.2) is 0 Å². The van der Waals surface area contributed by atoms with Gasteiger partial charge in [0.05, 0.1) is 12.2 Å². The minimum absolute atomic E-state index is 0.345. The average molecular weight is 261 g/mol. The highest BCUT2D eigenvalue weighted by atomic mass is 16.7. The summed E-state index contributed by atoms with van der Waals surface area (Å²) in [6.45, 7) is 0. The minimum Gasteiger partial charge on any atom is -0.381 e. The van der Waals surface area contributed by atoms with Crippen LogP contribution < -0.4 is 0 Å². The SMILES string of the molecule is COC1CCCC2ON(C)C(Cc3ccccc3)C12. The second kappa shape index (κ2) is 5.61. The molecule has 0 bridgehead atoms. The normalized spacial score (nSPS) is 35.3. The molecule has 0 aromatic heterocycles. The lowest BCUT2D eigenvalue weighted by molar-refractivity contribution is -0.149. The molecule has 2 fully saturated rings. The van der Waals surface area contributed by atoms with Gasteiger partial charge >= 0.3 is 0 Å². The molecule has 0 radical (unpaired) electrons. The Morgan fingerprint density at radius 2 is 2.05 bits per heavy atom. The summed E-state index contributed by atoms with van der Waals surface area (Å²) in [6.07, 6.45) is 5.28. The second-order valence-corrected chi connectivity index (χ2v) is 5.73. The summed E-state index contributed by atoms with van der Waals surface area (Å²) < 4.78 is 5.71. The minimum atomic E-state index is 0.345. The van der Waals surface area contributed by atoms with Crippen molar-refractivity contribution in [1.82, 2.24) is 5.06 Å². The molecule has 2 aliphatic rings. The maximum atomic E-state index is 6.04. The van der Waals surface area contributed by atoms with E-state index < -0.39 is 0 Å². The fourth-order valence-electron chi connectivity index (χ4n) is 3.69. The molecule has 4 atom stereocenters. The van der Waals surface area contributed by atoms with Crippen molar-refractivity contribution in [1.29, 1.82) is 0 Å². The van der Waals surface area contributed by atoms with Crippen LogP contribution in [0.5, 0.6) is 0 Å². The maximum absolute atomic E-state index is 6.04. The molecular formula is C16H23NO2. The van der Waals surface area contributed by atoms with Crippen molar-refractivity contribution in [3.8, 4) is 0 Å². The molecule has 1 saturated carbocycles. The first kappa shape index (κ1) is 13.1. The van der Waals surface area contributed by atoms with Crippen LogP contribution in [0.3, 0.4) is 0 Å². The highest BCUT2D eigenvalue weighted by Crippen LogP contribution is 2.39. The molecule has 4 unspecified atom stereocenters. The number of ether oxygens (including phenoxy) is 1. The third kappa shape index (κ3) is 2.55. The summed E-state index contributed by atoms with van der Waals surface area (Å²) in [4.78, 5) is 6.04. The monoisotopic (exact) mass is 261 g/mol. The van der Waals surface area contributed by atoms with E-state index >= 15 is 0 Å². The third-order valence-corrected chi connectivity index (χ3v) is 4.64. The average Bonchev–Trinajstić information content (AvgIpc) is 2.76. The molecular weight excluding hydrogens is 238 g/mol. The Hall–Kier alpha value is -0.900. The van der Waals surface area contributed by atoms with E-state index in [9.17, 15) is 0 Å². The number of likely N-dealkylation sites (N-methyl/N-ethyl adjacent to an activating group) is 1. The zero-order valence-electron chi connectivity index (χ0n) is 11.8. The van der Waals surface area contributed by atoms with Crippen LogP contribution in [0.25, 0.3) is 0 Å². The van der Waals surface area contributed by atoms with Crippen molar-refractivity contribution in [2.75, 3.05) is 14.2 Å². The molecule has 19 heavy (non-hydrogen) atoms. The molecule has 0 N–H and O–H groups in total. The predicted molar refractivity (Wildman–Crippen MR) is 74.7 cm³/mol. The van der Waals surface area contributed by atoms with Gasteiger partial charge in [0, 0.05) is 26.1 Å². The van der Waals surface area contributed by atoms with E-state index in [2.05, 4.69) is 42.4 Å². The van der Waals surface area contributed by atoms with Crippen LogP contribution in [0.15, 0.2) is 30.3 Å². The van der Waals surface area contributed by atoms with Crippen molar-refractivity contribution in [3.05, 3.63) is 35.9 Å². The summed E-state index contributed by atoms with van der Waals surface area (Å²) in [7, 11) is 3.91. The first-order chi connectivity index (χ1) is 9.29. The zero-order valence-corrected chi connectivity index (χ0v) is 11.8. The number of nitrogens with zero attached hydrogens (tertiary/aromatic N) is 1. The highest BCUT2D eigenvalue weighted by molar-refractivity contribution is 5.17. The Labute approximate surface area is 115 Å². The van der Waals surface area contributed by atoms with Crippen molar-refractivity contribution in [2.24, 2.45) is 5.92 Å². The Bertz CT molecular complexity index is 402. The van der Waals surface area contributed by atoms with E-state index in [0.29, 0.717) is 24.2 Å². The van der Waals surface area contributed by atoms with Crippen molar-refractivity contribution >= 4 is 0 Å². The van der Waals surface area contributed by atoms with Crippen LogP contribution in [0.1, 0.15) is 24.8 Å². The van der Waals surface area contributed by atoms with E-state index in [-0.39, 0.29) is 0 Å². The lowest BCUT2D eigenvalue weighted by Gasteiger charge is -2.33. The Morgan fingerprint density at radius 3 is 2.79 bits per heavy atom. The lowest BCUT2D eigenvalue weighted by Crippen LogP contribution is -2.42. The van der Waals surface area contributed by atoms with Gasteiger partial charge in [-0.05, 0) is 31.2 Å². The summed E-state index contributed by atoms with van der Waals surface area (Å²) in [5, 5.41) is 2.07. The van der Waals surface area contributed by atoms with Gasteiger partial charge in [0.1, 0.15) is 0 Å². The quantitative estimate of drug-likeness (QED) is 0.835. The van der Waals surface area contributed by atoms with Gasteiger partial charge in [-0.2, -0.15) is 5.06 Å². The number of hydroxylamine groups is 2. The number of rotatable bonds is 3. The molecule has 1 aromatic carbocycles. The molecule has 3 heteroatoms. The van der Waals surface area contributed by atoms with Crippen molar-refractivity contribution < 1.29 is 9.57 Å². The maximum Gasteiger partial charge on any atom is 0.0862 e. The smallest absolute Gasteiger partial charge is 0.0862 e. The van der Waals surface area contributed by atoms with E-state index in [1.165, 1.54) is 24.8 Å². The molecule has 1 aliphatic carbocycles. The van der Waals surface area contributed by atoms with Crippen LogP contribution in [-0.4, -0.2) is 37.5 Å². The highest BCUT2D eigenvalue weighted by Gasteiger charge is 2.47. The molecule has 104 valence electrons. The van der Waals surface area contributed by atoms with Gasteiger partial charge in [0.25, 0.3) is 0 Å². The van der Waals surface area contributed by atoms with Gasteiger partial charge < -0.3 is 4.74 Å². The van der Waals surface area contributed by atoms with E-state index in [4.69, 9.17) is 9.57 Å². The Morgan fingerprint density at radius 1 is 1.26 bits per heavy atom. The zero-order chi connectivity index (χ0) is 13.2. The Balaban J connectivity index is 1.78. The first-order valence-corrected chi connectivity index (χ1v) is 7.26. The van der Waals surface area contributed by atoms with Crippen LogP contribution >= 0.6 is 0 Å². The van der Waals surface area contributed by atoms with Crippen molar-refractivity contribution in [3.63, 3.8) is 0 Å². The Kier molecular flexibility index (Phi) is 3.87. The molecule has 1 aliphatic heterocycles. The third-order valence-electron chi connectivity index (χ3n) is 4.64. The van der Waals surface area contributed by atoms with Crippen LogP contribution in [0.2, 0.25) is 0 Å². The number of fused-ring (bicyclic) bond motifs is 1. The van der Waals surface area contributed by atoms with Crippen LogP contribution in [0, 0.1) is 5.92 Å². The number of hydrogen-bond donors (Lipinski definition) is 0. The molecule has 3 nitrogen and oxygen atoms in total. The largest absolute Gasteiger partial charge is 0.381 e. The van der Waals surface area contributed by atoms with Gasteiger partial charge in [0.2, 0.25) is 0 Å². The summed E-state index contributed by atoms with van der Waals surface area (Å²) in [5.41, 5.74) is 1.38. The lowest BCUT2D eigenvalue weighted by atomic mass is 9.78. The summed E-state index contributed by atoms with van der Waals surface area (Å²) in [5.74, 6) is 0.504. The van der Waals surface area contributed by atoms with E-state index in [1.807, 2.05) is 7.11 Å². The molecule has 0 amide bonds. The second-order valence-electron chi connectivity index (χ2n) is 5.73. The summed E-state index contributed by atoms with van der Waals surface area (Å²) in [6, 6.07) is 11.1. The molecule has 1 saturated heterocycles. The number of benzene rings is 1. The van der Waals surface area contributed by atoms with Gasteiger partial charge in [0.15, 0.2) is 0 Å². The first-order valence-electron chi connectivity index (χ1n) is 7.26. The summed E-state index contributed by atoms with van der Waals surface area (Å²) >= 11 is 0. The number of hydrogen-bond acceptors (Lipinski definition) is 3. The molecule has 0 spiro atoms. The fourth-order valence-corrected chi connectivity index (χ4v) is 3.69. The molecule has 3 rings (SSSR count). The van der Waals surface area contributed by atoms with Gasteiger partial charge in [-0.1, -0.05) is 30.3 Å². The standard InChI is InChI=1S/C16H23NO2/c1-17-13(11-12-7-4-3-5-8-12)16-14(18-2)9-6-10-15(16)19-17/h3-5,7-8,13-16H,6,9-11H2,1-2H3. The van der Waals surface area contributed by atoms with E-state index in [1.54, 1.807) is 0 Å². The van der Waals surface area contributed by atoms with E-state index in [0.717, 1.165) is 6.42 Å². The predicted octanol–water partition coefficient (Wildman–Crippen LogP) is 2.66. The van der Waals surface area contributed by atoms with Crippen LogP contribution in [0.4, 0.5) is 0 Å².